The van der Waals surface area contributed by atoms with Crippen molar-refractivity contribution in [2.24, 2.45) is 13.0 Å². The van der Waals surface area contributed by atoms with Gasteiger partial charge in [-0.05, 0) is 37.7 Å². The number of aryl methyl sites for hydroxylation is 1. The number of anilines is 1. The van der Waals surface area contributed by atoms with Gasteiger partial charge in [-0.15, -0.1) is 0 Å². The fourth-order valence-corrected chi connectivity index (χ4v) is 3.15. The maximum absolute atomic E-state index is 12.5. The normalized spacial score (nSPS) is 18.2. The zero-order chi connectivity index (χ0) is 16.9. The predicted molar refractivity (Wildman–Crippen MR) is 91.7 cm³/mol. The van der Waals surface area contributed by atoms with Crippen LogP contribution in [0.25, 0.3) is 0 Å². The fourth-order valence-electron chi connectivity index (χ4n) is 3.15. The minimum absolute atomic E-state index is 0.0365. The van der Waals surface area contributed by atoms with Crippen LogP contribution in [0.5, 0.6) is 0 Å². The van der Waals surface area contributed by atoms with Crippen molar-refractivity contribution < 1.29 is 4.79 Å². The Morgan fingerprint density at radius 2 is 2.17 bits per heavy atom. The van der Waals surface area contributed by atoms with Crippen LogP contribution in [0.15, 0.2) is 24.7 Å². The van der Waals surface area contributed by atoms with Crippen LogP contribution >= 0.6 is 0 Å². The molecule has 1 N–H and O–H groups in total. The summed E-state index contributed by atoms with van der Waals surface area (Å²) in [4.78, 5) is 23.2. The second-order valence-electron chi connectivity index (χ2n) is 6.31. The summed E-state index contributed by atoms with van der Waals surface area (Å²) >= 11 is 0. The van der Waals surface area contributed by atoms with E-state index in [2.05, 4.69) is 20.4 Å². The van der Waals surface area contributed by atoms with Crippen molar-refractivity contribution in [1.29, 1.82) is 0 Å². The van der Waals surface area contributed by atoms with Crippen molar-refractivity contribution in [1.82, 2.24) is 24.6 Å². The Morgan fingerprint density at radius 1 is 1.29 bits per heavy atom. The van der Waals surface area contributed by atoms with E-state index in [1.807, 2.05) is 25.2 Å². The van der Waals surface area contributed by atoms with Crippen molar-refractivity contribution in [3.05, 3.63) is 36.0 Å². The molecule has 0 aromatic carbocycles. The molecular weight excluding hydrogens is 304 g/mol. The number of nitrogens with one attached hydrogen (secondary N) is 1. The molecule has 1 aliphatic heterocycles. The van der Waals surface area contributed by atoms with Crippen molar-refractivity contribution in [3.8, 4) is 0 Å². The number of hydrogen-bond acceptors (Lipinski definition) is 5. The summed E-state index contributed by atoms with van der Waals surface area (Å²) in [5.41, 5.74) is 1.55. The summed E-state index contributed by atoms with van der Waals surface area (Å²) in [6, 6.07) is 1.78. The van der Waals surface area contributed by atoms with Crippen LogP contribution in [0.2, 0.25) is 0 Å². The lowest BCUT2D eigenvalue weighted by atomic mass is 9.95. The molecule has 0 aliphatic carbocycles. The number of rotatable bonds is 4. The topological polar surface area (TPSA) is 75.9 Å². The van der Waals surface area contributed by atoms with Crippen LogP contribution in [0.3, 0.4) is 0 Å². The third-order valence-corrected chi connectivity index (χ3v) is 4.53. The Morgan fingerprint density at radius 3 is 2.83 bits per heavy atom. The molecule has 0 radical (unpaired) electrons. The van der Waals surface area contributed by atoms with Crippen molar-refractivity contribution in [2.75, 3.05) is 25.5 Å². The second-order valence-corrected chi connectivity index (χ2v) is 6.31. The lowest BCUT2D eigenvalue weighted by Gasteiger charge is -2.19. The molecule has 24 heavy (non-hydrogen) atoms. The summed E-state index contributed by atoms with van der Waals surface area (Å²) in [5.74, 6) is 1.36. The van der Waals surface area contributed by atoms with Crippen LogP contribution in [0, 0.1) is 5.92 Å². The van der Waals surface area contributed by atoms with Gasteiger partial charge in [0.25, 0.3) is 5.91 Å². The summed E-state index contributed by atoms with van der Waals surface area (Å²) < 4.78 is 1.67. The number of carbonyl (C=O) groups is 1. The third-order valence-electron chi connectivity index (χ3n) is 4.53. The van der Waals surface area contributed by atoms with Crippen LogP contribution in [0.1, 0.15) is 35.4 Å². The Hall–Kier alpha value is -2.44. The van der Waals surface area contributed by atoms with Crippen LogP contribution in [0.4, 0.5) is 5.82 Å². The fraction of sp³-hybridized carbons (Fsp3) is 0.529. The molecule has 2 aromatic rings. The molecule has 0 unspecified atom stereocenters. The van der Waals surface area contributed by atoms with Gasteiger partial charge in [-0.2, -0.15) is 5.10 Å². The SMILES string of the molecule is CNc1cnc(C[C@@H]2CCCN(C(=O)c3ccn(C)n3)CC2)cn1. The van der Waals surface area contributed by atoms with Crippen LogP contribution < -0.4 is 5.32 Å². The highest BCUT2D eigenvalue weighted by molar-refractivity contribution is 5.92. The van der Waals surface area contributed by atoms with Gasteiger partial charge >= 0.3 is 0 Å². The lowest BCUT2D eigenvalue weighted by molar-refractivity contribution is 0.0753. The van der Waals surface area contributed by atoms with Gasteiger partial charge in [0.05, 0.1) is 18.1 Å². The molecule has 0 saturated carbocycles. The van der Waals surface area contributed by atoms with Crippen molar-refractivity contribution in [2.45, 2.75) is 25.7 Å². The van der Waals surface area contributed by atoms with E-state index in [0.29, 0.717) is 11.6 Å². The molecule has 1 aliphatic rings. The molecule has 0 spiro atoms. The van der Waals surface area contributed by atoms with E-state index < -0.39 is 0 Å². The van der Waals surface area contributed by atoms with Gasteiger partial charge in [-0.3, -0.25) is 14.5 Å². The number of nitrogens with zero attached hydrogens (tertiary/aromatic N) is 5. The molecule has 1 saturated heterocycles. The first-order chi connectivity index (χ1) is 11.7. The van der Waals surface area contributed by atoms with E-state index in [9.17, 15) is 4.79 Å². The van der Waals surface area contributed by atoms with E-state index in [1.54, 1.807) is 23.1 Å². The molecule has 1 amide bonds. The average molecular weight is 328 g/mol. The number of amides is 1. The lowest BCUT2D eigenvalue weighted by Crippen LogP contribution is -2.32. The summed E-state index contributed by atoms with van der Waals surface area (Å²) in [5, 5.41) is 7.20. The predicted octanol–water partition coefficient (Wildman–Crippen LogP) is 1.74. The highest BCUT2D eigenvalue weighted by Crippen LogP contribution is 2.22. The molecule has 3 rings (SSSR count). The van der Waals surface area contributed by atoms with Gasteiger partial charge in [0.15, 0.2) is 0 Å². The Kier molecular flexibility index (Phi) is 5.08. The molecule has 3 heterocycles. The molecule has 7 heteroatoms. The van der Waals surface area contributed by atoms with Gasteiger partial charge in [0.2, 0.25) is 0 Å². The molecule has 7 nitrogen and oxygen atoms in total. The van der Waals surface area contributed by atoms with E-state index in [4.69, 9.17) is 0 Å². The van der Waals surface area contributed by atoms with Gasteiger partial charge < -0.3 is 10.2 Å². The Labute approximate surface area is 142 Å². The minimum Gasteiger partial charge on any atom is -0.372 e. The zero-order valence-corrected chi connectivity index (χ0v) is 14.3. The smallest absolute Gasteiger partial charge is 0.274 e. The van der Waals surface area contributed by atoms with Gasteiger partial charge in [-0.25, -0.2) is 4.98 Å². The highest BCUT2D eigenvalue weighted by atomic mass is 16.2. The number of likely N-dealkylation sites (tertiary alicyclic amines) is 1. The van der Waals surface area contributed by atoms with E-state index in [-0.39, 0.29) is 5.91 Å². The quantitative estimate of drug-likeness (QED) is 0.925. The molecule has 128 valence electrons. The summed E-state index contributed by atoms with van der Waals surface area (Å²) in [7, 11) is 3.66. The number of carbonyl (C=O) groups excluding carboxylic acids is 1. The van der Waals surface area contributed by atoms with Gasteiger partial charge in [-0.1, -0.05) is 0 Å². The summed E-state index contributed by atoms with van der Waals surface area (Å²) in [6.07, 6.45) is 9.46. The van der Waals surface area contributed by atoms with E-state index in [1.165, 1.54) is 0 Å². The van der Waals surface area contributed by atoms with Crippen molar-refractivity contribution in [3.63, 3.8) is 0 Å². The standard InChI is InChI=1S/C17H24N6O/c1-18-16-12-19-14(11-20-16)10-13-4-3-7-23(9-5-13)17(24)15-6-8-22(2)21-15/h6,8,11-13H,3-5,7,9-10H2,1-2H3,(H,18,20)/t13-/m1/s1. The van der Waals surface area contributed by atoms with E-state index in [0.717, 1.165) is 50.3 Å². The average Bonchev–Trinajstić information content (AvgIpc) is 2.90. The zero-order valence-electron chi connectivity index (χ0n) is 14.3. The third kappa shape index (κ3) is 3.90. The minimum atomic E-state index is 0.0365. The summed E-state index contributed by atoms with van der Waals surface area (Å²) in [6.45, 7) is 1.58. The van der Waals surface area contributed by atoms with Crippen LogP contribution in [-0.4, -0.2) is 50.7 Å². The number of hydrogen-bond donors (Lipinski definition) is 1. The van der Waals surface area contributed by atoms with Crippen molar-refractivity contribution >= 4 is 11.7 Å². The van der Waals surface area contributed by atoms with Gasteiger partial charge in [0.1, 0.15) is 11.5 Å². The molecule has 1 atom stereocenters. The second kappa shape index (κ2) is 7.42. The van der Waals surface area contributed by atoms with Crippen LogP contribution in [-0.2, 0) is 13.5 Å². The molecular formula is C17H24N6O. The maximum atomic E-state index is 12.5. The van der Waals surface area contributed by atoms with E-state index >= 15 is 0 Å². The first-order valence-electron chi connectivity index (χ1n) is 8.43. The molecule has 1 fully saturated rings. The largest absolute Gasteiger partial charge is 0.372 e. The monoisotopic (exact) mass is 328 g/mol. The molecule has 2 aromatic heterocycles. The maximum Gasteiger partial charge on any atom is 0.274 e. The van der Waals surface area contributed by atoms with Gasteiger partial charge in [0, 0.05) is 33.4 Å². The number of aromatic nitrogens is 4. The first-order valence-corrected chi connectivity index (χ1v) is 8.43. The highest BCUT2D eigenvalue weighted by Gasteiger charge is 2.23. The Balaban J connectivity index is 1.57. The Bertz CT molecular complexity index is 681. The first kappa shape index (κ1) is 16.4. The molecule has 0 bridgehead atoms.